The Balaban J connectivity index is 1.26. The van der Waals surface area contributed by atoms with Crippen LogP contribution >= 0.6 is 0 Å². The second-order valence-electron chi connectivity index (χ2n) is 11.3. The molecule has 0 amide bonds. The molecule has 1 aromatic heterocycles. The highest BCUT2D eigenvalue weighted by molar-refractivity contribution is 5.20. The van der Waals surface area contributed by atoms with Crippen LogP contribution in [0.4, 0.5) is 0 Å². The minimum Gasteiger partial charge on any atom is -0.359 e. The van der Waals surface area contributed by atoms with Crippen molar-refractivity contribution in [3.8, 4) is 0 Å². The summed E-state index contributed by atoms with van der Waals surface area (Å²) in [6.07, 6.45) is 3.90. The van der Waals surface area contributed by atoms with Crippen molar-refractivity contribution in [1.29, 1.82) is 0 Å². The zero-order valence-corrected chi connectivity index (χ0v) is 20.0. The minimum absolute atomic E-state index is 0.0162. The monoisotopic (exact) mass is 445 g/mol. The van der Waals surface area contributed by atoms with Crippen LogP contribution in [0.2, 0.25) is 0 Å². The number of likely N-dealkylation sites (N-methyl/N-ethyl adjacent to an activating group) is 1. The molecule has 0 aromatic carbocycles. The van der Waals surface area contributed by atoms with Crippen molar-refractivity contribution in [2.45, 2.75) is 76.8 Å². The highest BCUT2D eigenvalue weighted by Crippen LogP contribution is 2.62. The van der Waals surface area contributed by atoms with E-state index in [0.29, 0.717) is 23.7 Å². The number of fused-ring (bicyclic) bond motifs is 2. The van der Waals surface area contributed by atoms with Crippen molar-refractivity contribution in [3.05, 3.63) is 23.5 Å². The van der Waals surface area contributed by atoms with Gasteiger partial charge in [0.2, 0.25) is 5.79 Å². The standard InChI is InChI=1S/C25H39N3O4/c1-16-5-7-20-17(2)22(21-8-6-18(26-21)15-28-13-11-27(4)12-14-28)29-23-25(20)19(16)9-10-24(3,30-23)31-32-25/h6,8,16-17,19-20,22-23,26H,5,7,9-15H2,1-4H3/t16-,17-,19+,20+,22-,23-,24-,25-/m1/s1. The average Bonchev–Trinajstić information content (AvgIpc) is 3.11. The summed E-state index contributed by atoms with van der Waals surface area (Å²) in [6.45, 7) is 12.2. The van der Waals surface area contributed by atoms with Crippen molar-refractivity contribution in [3.63, 3.8) is 0 Å². The Morgan fingerprint density at radius 1 is 1.03 bits per heavy atom. The average molecular weight is 446 g/mol. The van der Waals surface area contributed by atoms with E-state index in [1.165, 1.54) is 17.8 Å². The van der Waals surface area contributed by atoms with Gasteiger partial charge >= 0.3 is 0 Å². The van der Waals surface area contributed by atoms with Crippen molar-refractivity contribution in [1.82, 2.24) is 14.8 Å². The third-order valence-corrected chi connectivity index (χ3v) is 9.22. The van der Waals surface area contributed by atoms with E-state index in [1.807, 2.05) is 6.92 Å². The molecule has 2 bridgehead atoms. The van der Waals surface area contributed by atoms with Gasteiger partial charge in [-0.2, -0.15) is 0 Å². The Hall–Kier alpha value is -0.960. The van der Waals surface area contributed by atoms with Gasteiger partial charge in [0.15, 0.2) is 11.9 Å². The van der Waals surface area contributed by atoms with Crippen LogP contribution in [0, 0.1) is 23.7 Å². The lowest BCUT2D eigenvalue weighted by Crippen LogP contribution is -2.69. The van der Waals surface area contributed by atoms with Gasteiger partial charge in [-0.15, -0.1) is 0 Å². The molecule has 7 nitrogen and oxygen atoms in total. The van der Waals surface area contributed by atoms with Crippen LogP contribution in [0.25, 0.3) is 0 Å². The molecule has 1 spiro atoms. The van der Waals surface area contributed by atoms with Crippen LogP contribution in [0.1, 0.15) is 63.9 Å². The van der Waals surface area contributed by atoms with Crippen LogP contribution < -0.4 is 0 Å². The number of nitrogens with zero attached hydrogens (tertiary/aromatic N) is 2. The van der Waals surface area contributed by atoms with Gasteiger partial charge < -0.3 is 19.4 Å². The molecular weight excluding hydrogens is 406 g/mol. The molecule has 32 heavy (non-hydrogen) atoms. The summed E-state index contributed by atoms with van der Waals surface area (Å²) in [4.78, 5) is 20.9. The van der Waals surface area contributed by atoms with Crippen molar-refractivity contribution in [2.24, 2.45) is 23.7 Å². The highest BCUT2D eigenvalue weighted by Gasteiger charge is 2.69. The molecule has 0 unspecified atom stereocenters. The molecule has 7 rings (SSSR count). The van der Waals surface area contributed by atoms with Gasteiger partial charge in [-0.1, -0.05) is 13.8 Å². The molecule has 6 fully saturated rings. The largest absolute Gasteiger partial charge is 0.359 e. The lowest BCUT2D eigenvalue weighted by Gasteiger charge is -2.60. The molecule has 0 radical (unpaired) electrons. The van der Waals surface area contributed by atoms with E-state index < -0.39 is 11.4 Å². The Morgan fingerprint density at radius 2 is 1.84 bits per heavy atom. The van der Waals surface area contributed by atoms with Crippen molar-refractivity contribution in [2.75, 3.05) is 33.2 Å². The number of rotatable bonds is 3. The zero-order chi connectivity index (χ0) is 22.1. The maximum absolute atomic E-state index is 6.78. The smallest absolute Gasteiger partial charge is 0.201 e. The summed E-state index contributed by atoms with van der Waals surface area (Å²) in [5.74, 6) is 0.973. The van der Waals surface area contributed by atoms with Crippen LogP contribution in [0.15, 0.2) is 12.1 Å². The Labute approximate surface area is 191 Å². The number of piperazine rings is 1. The van der Waals surface area contributed by atoms with E-state index in [4.69, 9.17) is 19.2 Å². The maximum Gasteiger partial charge on any atom is 0.201 e. The quantitative estimate of drug-likeness (QED) is 0.717. The van der Waals surface area contributed by atoms with Gasteiger partial charge in [0.25, 0.3) is 0 Å². The highest BCUT2D eigenvalue weighted by atomic mass is 17.3. The number of aromatic nitrogens is 1. The van der Waals surface area contributed by atoms with Gasteiger partial charge in [-0.05, 0) is 63.1 Å². The third kappa shape index (κ3) is 3.31. The van der Waals surface area contributed by atoms with Gasteiger partial charge in [0.1, 0.15) is 6.10 Å². The summed E-state index contributed by atoms with van der Waals surface area (Å²) in [6, 6.07) is 4.46. The summed E-state index contributed by atoms with van der Waals surface area (Å²) in [5.41, 5.74) is 1.95. The molecule has 1 saturated carbocycles. The van der Waals surface area contributed by atoms with Crippen LogP contribution in [0.5, 0.6) is 0 Å². The fraction of sp³-hybridized carbons (Fsp3) is 0.840. The molecule has 1 N–H and O–H groups in total. The molecule has 5 aliphatic heterocycles. The lowest BCUT2D eigenvalue weighted by atomic mass is 9.57. The molecule has 7 heteroatoms. The molecule has 8 atom stereocenters. The first-order valence-electron chi connectivity index (χ1n) is 12.7. The fourth-order valence-corrected chi connectivity index (χ4v) is 7.22. The molecule has 178 valence electrons. The van der Waals surface area contributed by atoms with E-state index in [1.54, 1.807) is 0 Å². The lowest BCUT2D eigenvalue weighted by molar-refractivity contribution is -0.571. The predicted octanol–water partition coefficient (Wildman–Crippen LogP) is 3.69. The second kappa shape index (κ2) is 7.79. The molecule has 6 aliphatic rings. The van der Waals surface area contributed by atoms with Gasteiger partial charge in [0.05, 0.1) is 0 Å². The fourth-order valence-electron chi connectivity index (χ4n) is 7.22. The second-order valence-corrected chi connectivity index (χ2v) is 11.3. The van der Waals surface area contributed by atoms with Crippen LogP contribution in [-0.2, 0) is 25.8 Å². The number of ether oxygens (including phenoxy) is 2. The van der Waals surface area contributed by atoms with E-state index in [2.05, 4.69) is 47.8 Å². The normalized spacial score (nSPS) is 47.2. The number of aromatic amines is 1. The molecule has 6 heterocycles. The van der Waals surface area contributed by atoms with Crippen molar-refractivity contribution < 1.29 is 19.2 Å². The topological polar surface area (TPSA) is 59.2 Å². The molecule has 5 saturated heterocycles. The zero-order valence-electron chi connectivity index (χ0n) is 20.0. The SMILES string of the molecule is C[C@H]1[C@H](c2ccc(CN3CCN(C)CC3)[nH]2)O[C@@H]2O[C@@]3(C)CC[C@H]4[C@H](C)CC[C@@H]1[C@@]24OO3. The number of hydrogen-bond acceptors (Lipinski definition) is 6. The Kier molecular flexibility index (Phi) is 5.25. The first-order chi connectivity index (χ1) is 15.4. The van der Waals surface area contributed by atoms with E-state index in [-0.39, 0.29) is 12.4 Å². The van der Waals surface area contributed by atoms with Gasteiger partial charge in [0, 0.05) is 56.5 Å². The summed E-state index contributed by atoms with van der Waals surface area (Å²) < 4.78 is 13.3. The van der Waals surface area contributed by atoms with Gasteiger partial charge in [-0.3, -0.25) is 4.90 Å². The summed E-state index contributed by atoms with van der Waals surface area (Å²) in [7, 11) is 2.20. The first-order valence-corrected chi connectivity index (χ1v) is 12.7. The van der Waals surface area contributed by atoms with Crippen LogP contribution in [0.3, 0.4) is 0 Å². The Morgan fingerprint density at radius 3 is 2.66 bits per heavy atom. The van der Waals surface area contributed by atoms with E-state index >= 15 is 0 Å². The number of nitrogens with one attached hydrogen (secondary N) is 1. The summed E-state index contributed by atoms with van der Waals surface area (Å²) in [5, 5.41) is 0. The summed E-state index contributed by atoms with van der Waals surface area (Å²) >= 11 is 0. The number of H-pyrrole nitrogens is 1. The first kappa shape index (κ1) is 21.6. The molecular formula is C25H39N3O4. The third-order valence-electron chi connectivity index (χ3n) is 9.22. The van der Waals surface area contributed by atoms with Gasteiger partial charge in [-0.25, -0.2) is 9.78 Å². The molecule has 1 aliphatic carbocycles. The van der Waals surface area contributed by atoms with E-state index in [9.17, 15) is 0 Å². The number of hydrogen-bond donors (Lipinski definition) is 1. The van der Waals surface area contributed by atoms with Crippen molar-refractivity contribution >= 4 is 0 Å². The van der Waals surface area contributed by atoms with Crippen LogP contribution in [-0.4, -0.2) is 65.7 Å². The Bertz CT molecular complexity index is 839. The maximum atomic E-state index is 6.78. The molecule has 1 aromatic rings. The van der Waals surface area contributed by atoms with E-state index in [0.717, 1.165) is 52.0 Å². The predicted molar refractivity (Wildman–Crippen MR) is 119 cm³/mol. The minimum atomic E-state index is -0.717.